The van der Waals surface area contributed by atoms with Crippen LogP contribution in [0.25, 0.3) is 0 Å². The highest BCUT2D eigenvalue weighted by Gasteiger charge is 2.99. The van der Waals surface area contributed by atoms with E-state index in [1.165, 1.54) is 6.92 Å². The topological polar surface area (TPSA) is 26.3 Å². The third-order valence-corrected chi connectivity index (χ3v) is 3.68. The first kappa shape index (κ1) is 20.6. The van der Waals surface area contributed by atoms with Crippen molar-refractivity contribution in [1.29, 1.82) is 0 Å². The molecule has 0 heterocycles. The second-order valence-electron chi connectivity index (χ2n) is 5.47. The van der Waals surface area contributed by atoms with Crippen LogP contribution >= 0.6 is 0 Å². The molecule has 1 aliphatic rings. The molecular formula is C13H13F9O2. The minimum atomic E-state index is -6.55. The maximum Gasteiger partial charge on any atom is 0.381 e. The van der Waals surface area contributed by atoms with Crippen molar-refractivity contribution in [3.8, 4) is 0 Å². The predicted octanol–water partition coefficient (Wildman–Crippen LogP) is 4.54. The molecule has 1 saturated carbocycles. The number of esters is 1. The molecule has 2 nitrogen and oxygen atoms in total. The minimum absolute atomic E-state index is 0.0369. The molecule has 1 aliphatic carbocycles. The van der Waals surface area contributed by atoms with Crippen LogP contribution in [0.4, 0.5) is 39.5 Å². The molecule has 0 unspecified atom stereocenters. The fraction of sp³-hybridized carbons (Fsp3) is 0.769. The first-order valence-electron chi connectivity index (χ1n) is 6.60. The van der Waals surface area contributed by atoms with Crippen LogP contribution in [-0.2, 0) is 9.53 Å². The molecule has 0 saturated heterocycles. The number of ether oxygens (including phenoxy) is 1. The lowest BCUT2D eigenvalue weighted by Crippen LogP contribution is -2.54. The van der Waals surface area contributed by atoms with Gasteiger partial charge in [0.2, 0.25) is 5.67 Å². The zero-order valence-corrected chi connectivity index (χ0v) is 12.3. The molecule has 1 rings (SSSR count). The normalized spacial score (nSPS) is 25.2. The van der Waals surface area contributed by atoms with Crippen LogP contribution in [0.15, 0.2) is 12.2 Å². The fourth-order valence-corrected chi connectivity index (χ4v) is 2.16. The Hall–Kier alpha value is -1.42. The molecule has 0 aliphatic heterocycles. The molecule has 24 heavy (non-hydrogen) atoms. The Morgan fingerprint density at radius 3 is 1.62 bits per heavy atom. The Balaban J connectivity index is 2.86. The SMILES string of the molecule is C=C(C)C(=O)OCCCCC1(F)C(F)(F)C(F)(F)C(F)(F)C1(F)F. The van der Waals surface area contributed by atoms with Gasteiger partial charge in [0, 0.05) is 5.57 Å². The quantitative estimate of drug-likeness (QED) is 0.296. The average Bonchev–Trinajstić information content (AvgIpc) is 2.48. The van der Waals surface area contributed by atoms with E-state index in [-0.39, 0.29) is 5.57 Å². The zero-order chi connectivity index (χ0) is 19.2. The van der Waals surface area contributed by atoms with E-state index in [4.69, 9.17) is 0 Å². The van der Waals surface area contributed by atoms with E-state index >= 15 is 0 Å². The summed E-state index contributed by atoms with van der Waals surface area (Å²) in [6, 6.07) is 0. The molecule has 0 aromatic heterocycles. The van der Waals surface area contributed by atoms with E-state index in [0.29, 0.717) is 0 Å². The molecule has 11 heteroatoms. The van der Waals surface area contributed by atoms with Crippen LogP contribution < -0.4 is 0 Å². The summed E-state index contributed by atoms with van der Waals surface area (Å²) in [4.78, 5) is 11.0. The standard InChI is InChI=1S/C13H13F9O2/c1-7(2)8(23)24-6-4-3-5-9(14)10(15,16)12(19,20)13(21,22)11(9,17)18/h1,3-6H2,2H3. The van der Waals surface area contributed by atoms with E-state index in [0.717, 1.165) is 0 Å². The fourth-order valence-electron chi connectivity index (χ4n) is 2.16. The number of unbranched alkanes of at least 4 members (excludes halogenated alkanes) is 1. The summed E-state index contributed by atoms with van der Waals surface area (Å²) in [6.45, 7) is 3.93. The van der Waals surface area contributed by atoms with Crippen LogP contribution in [0.2, 0.25) is 0 Å². The number of hydrogen-bond donors (Lipinski definition) is 0. The van der Waals surface area contributed by atoms with E-state index in [2.05, 4.69) is 11.3 Å². The van der Waals surface area contributed by atoms with Crippen molar-refractivity contribution in [2.24, 2.45) is 0 Å². The van der Waals surface area contributed by atoms with Gasteiger partial charge in [0.05, 0.1) is 6.61 Å². The van der Waals surface area contributed by atoms with Crippen LogP contribution in [0.3, 0.4) is 0 Å². The summed E-state index contributed by atoms with van der Waals surface area (Å²) < 4.78 is 124. The second-order valence-corrected chi connectivity index (χ2v) is 5.47. The molecule has 0 aromatic carbocycles. The van der Waals surface area contributed by atoms with Crippen molar-refractivity contribution in [2.45, 2.75) is 55.5 Å². The highest BCUT2D eigenvalue weighted by Crippen LogP contribution is 2.70. The van der Waals surface area contributed by atoms with Gasteiger partial charge in [0.25, 0.3) is 0 Å². The Kier molecular flexibility index (Phi) is 5.01. The monoisotopic (exact) mass is 372 g/mol. The van der Waals surface area contributed by atoms with Gasteiger partial charge in [0.15, 0.2) is 0 Å². The van der Waals surface area contributed by atoms with Crippen molar-refractivity contribution >= 4 is 5.97 Å². The van der Waals surface area contributed by atoms with Crippen molar-refractivity contribution < 1.29 is 49.0 Å². The Morgan fingerprint density at radius 2 is 1.25 bits per heavy atom. The summed E-state index contributed by atoms with van der Waals surface area (Å²) in [7, 11) is 0. The van der Waals surface area contributed by atoms with E-state index < -0.39 is 61.2 Å². The highest BCUT2D eigenvalue weighted by molar-refractivity contribution is 5.86. The largest absolute Gasteiger partial charge is 0.462 e. The molecule has 0 N–H and O–H groups in total. The van der Waals surface area contributed by atoms with E-state index in [9.17, 15) is 44.3 Å². The van der Waals surface area contributed by atoms with Crippen molar-refractivity contribution in [3.05, 3.63) is 12.2 Å². The van der Waals surface area contributed by atoms with E-state index in [1.807, 2.05) is 0 Å². The van der Waals surface area contributed by atoms with E-state index in [1.54, 1.807) is 0 Å². The lowest BCUT2D eigenvalue weighted by atomic mass is 9.91. The third kappa shape index (κ3) is 2.46. The van der Waals surface area contributed by atoms with Gasteiger partial charge in [-0.25, -0.2) is 9.18 Å². The van der Waals surface area contributed by atoms with Crippen molar-refractivity contribution in [3.63, 3.8) is 0 Å². The third-order valence-electron chi connectivity index (χ3n) is 3.68. The summed E-state index contributed by atoms with van der Waals surface area (Å²) in [5.41, 5.74) is -5.48. The molecule has 0 atom stereocenters. The molecular weight excluding hydrogens is 359 g/mol. The van der Waals surface area contributed by atoms with Crippen molar-refractivity contribution in [2.75, 3.05) is 6.61 Å². The number of rotatable bonds is 6. The summed E-state index contributed by atoms with van der Waals surface area (Å²) in [5, 5.41) is 0. The second kappa shape index (κ2) is 5.83. The zero-order valence-electron chi connectivity index (χ0n) is 12.3. The first-order valence-corrected chi connectivity index (χ1v) is 6.60. The Bertz CT molecular complexity index is 502. The molecule has 0 radical (unpaired) electrons. The lowest BCUT2D eigenvalue weighted by molar-refractivity contribution is -0.303. The van der Waals surface area contributed by atoms with Crippen LogP contribution in [0.5, 0.6) is 0 Å². The van der Waals surface area contributed by atoms with Gasteiger partial charge in [-0.15, -0.1) is 0 Å². The molecule has 0 spiro atoms. The van der Waals surface area contributed by atoms with Crippen LogP contribution in [-0.4, -0.2) is 41.9 Å². The summed E-state index contributed by atoms with van der Waals surface area (Å²) >= 11 is 0. The number of alkyl halides is 9. The van der Waals surface area contributed by atoms with Gasteiger partial charge < -0.3 is 4.74 Å². The Labute approximate surface area is 130 Å². The van der Waals surface area contributed by atoms with Gasteiger partial charge in [-0.05, 0) is 26.2 Å². The average molecular weight is 372 g/mol. The molecule has 1 fully saturated rings. The predicted molar refractivity (Wildman–Crippen MR) is 63.3 cm³/mol. The highest BCUT2D eigenvalue weighted by atomic mass is 19.4. The van der Waals surface area contributed by atoms with Gasteiger partial charge in [-0.3, -0.25) is 0 Å². The first-order chi connectivity index (χ1) is 10.6. The van der Waals surface area contributed by atoms with Crippen molar-refractivity contribution in [1.82, 2.24) is 0 Å². The smallest absolute Gasteiger partial charge is 0.381 e. The summed E-state index contributed by atoms with van der Waals surface area (Å²) in [5.74, 6) is -26.6. The van der Waals surface area contributed by atoms with Crippen LogP contribution in [0, 0.1) is 0 Å². The maximum absolute atomic E-state index is 14.0. The van der Waals surface area contributed by atoms with Crippen LogP contribution in [0.1, 0.15) is 26.2 Å². The summed E-state index contributed by atoms with van der Waals surface area (Å²) in [6.07, 6.45) is -3.37. The lowest BCUT2D eigenvalue weighted by Gasteiger charge is -2.30. The molecule has 140 valence electrons. The number of halogens is 9. The molecule has 0 amide bonds. The number of carbonyl (C=O) groups excluding carboxylic acids is 1. The minimum Gasteiger partial charge on any atom is -0.462 e. The number of carbonyl (C=O) groups is 1. The maximum atomic E-state index is 14.0. The molecule has 0 bridgehead atoms. The van der Waals surface area contributed by atoms with Gasteiger partial charge in [-0.2, -0.15) is 35.1 Å². The van der Waals surface area contributed by atoms with Gasteiger partial charge >= 0.3 is 29.7 Å². The Morgan fingerprint density at radius 1 is 0.833 bits per heavy atom. The molecule has 0 aromatic rings. The van der Waals surface area contributed by atoms with Gasteiger partial charge in [0.1, 0.15) is 0 Å². The number of hydrogen-bond acceptors (Lipinski definition) is 2. The van der Waals surface area contributed by atoms with Gasteiger partial charge in [-0.1, -0.05) is 6.58 Å².